The quantitative estimate of drug-likeness (QED) is 0.695. The van der Waals surface area contributed by atoms with E-state index in [-0.39, 0.29) is 5.91 Å². The van der Waals surface area contributed by atoms with Gasteiger partial charge in [0.1, 0.15) is 5.41 Å². The van der Waals surface area contributed by atoms with E-state index in [1.165, 1.54) is 0 Å². The lowest BCUT2D eigenvalue weighted by atomic mass is 9.68. The molecule has 1 aliphatic carbocycles. The summed E-state index contributed by atoms with van der Waals surface area (Å²) in [6.07, 6.45) is 2.67. The molecule has 1 saturated carbocycles. The summed E-state index contributed by atoms with van der Waals surface area (Å²) >= 11 is 0. The molecule has 0 bridgehead atoms. The predicted octanol–water partition coefficient (Wildman–Crippen LogP) is 0.651. The number of nitrogens with zero attached hydrogens (tertiary/aromatic N) is 2. The number of carbonyl (C=O) groups excluding carboxylic acids is 1. The maximum Gasteiger partial charge on any atom is 0.319 e. The Morgan fingerprint density at radius 3 is 2.12 bits per heavy atom. The second-order valence-electron chi connectivity index (χ2n) is 5.12. The van der Waals surface area contributed by atoms with Crippen LogP contribution in [0.4, 0.5) is 0 Å². The first kappa shape index (κ1) is 14.0. The normalized spacial score (nSPS) is 17.6. The largest absolute Gasteiger partial charge is 0.480 e. The number of carboxylic acids is 1. The Bertz CT molecular complexity index is 298. The van der Waals surface area contributed by atoms with Gasteiger partial charge < -0.3 is 14.9 Å². The van der Waals surface area contributed by atoms with E-state index in [0.717, 1.165) is 19.4 Å². The molecule has 17 heavy (non-hydrogen) atoms. The third-order valence-electron chi connectivity index (χ3n) is 3.47. The molecule has 0 aliphatic heterocycles. The van der Waals surface area contributed by atoms with Crippen LogP contribution >= 0.6 is 0 Å². The molecule has 0 aromatic carbocycles. The molecule has 0 aromatic heterocycles. The second-order valence-corrected chi connectivity index (χ2v) is 5.12. The van der Waals surface area contributed by atoms with Crippen LogP contribution in [0.25, 0.3) is 0 Å². The summed E-state index contributed by atoms with van der Waals surface area (Å²) in [5.74, 6) is -1.19. The minimum Gasteiger partial charge on any atom is -0.480 e. The molecule has 5 heteroatoms. The topological polar surface area (TPSA) is 60.9 Å². The van der Waals surface area contributed by atoms with Crippen molar-refractivity contribution in [2.24, 2.45) is 5.41 Å². The molecule has 0 spiro atoms. The predicted molar refractivity (Wildman–Crippen MR) is 64.7 cm³/mol. The average molecular weight is 242 g/mol. The van der Waals surface area contributed by atoms with Crippen LogP contribution in [-0.4, -0.2) is 61.0 Å². The lowest BCUT2D eigenvalue weighted by molar-refractivity contribution is -0.166. The number of hydrogen-bond acceptors (Lipinski definition) is 3. The summed E-state index contributed by atoms with van der Waals surface area (Å²) in [5, 5.41) is 9.16. The van der Waals surface area contributed by atoms with E-state index in [1.54, 1.807) is 11.9 Å². The number of carboxylic acid groups (broad SMARTS) is 1. The van der Waals surface area contributed by atoms with Crippen LogP contribution in [0.1, 0.15) is 25.7 Å². The molecule has 0 heterocycles. The van der Waals surface area contributed by atoms with Crippen molar-refractivity contribution < 1.29 is 14.7 Å². The Balaban J connectivity index is 2.48. The van der Waals surface area contributed by atoms with Gasteiger partial charge in [-0.05, 0) is 39.9 Å². The molecular weight excluding hydrogens is 220 g/mol. The molecule has 0 unspecified atom stereocenters. The number of amides is 1. The zero-order valence-corrected chi connectivity index (χ0v) is 10.9. The second kappa shape index (κ2) is 5.49. The molecule has 1 amide bonds. The number of aliphatic carboxylic acids is 1. The summed E-state index contributed by atoms with van der Waals surface area (Å²) in [6, 6.07) is 0. The molecule has 0 aromatic rings. The lowest BCUT2D eigenvalue weighted by Gasteiger charge is -2.38. The fourth-order valence-corrected chi connectivity index (χ4v) is 2.14. The van der Waals surface area contributed by atoms with Crippen molar-refractivity contribution in [3.63, 3.8) is 0 Å². The summed E-state index contributed by atoms with van der Waals surface area (Å²) in [5.41, 5.74) is -1.12. The third-order valence-corrected chi connectivity index (χ3v) is 3.47. The highest BCUT2D eigenvalue weighted by Crippen LogP contribution is 2.42. The van der Waals surface area contributed by atoms with E-state index in [1.807, 2.05) is 14.1 Å². The van der Waals surface area contributed by atoms with Crippen molar-refractivity contribution in [1.29, 1.82) is 0 Å². The van der Waals surface area contributed by atoms with Gasteiger partial charge in [-0.2, -0.15) is 0 Å². The summed E-state index contributed by atoms with van der Waals surface area (Å²) in [6.45, 7) is 1.52. The van der Waals surface area contributed by atoms with Gasteiger partial charge in [0, 0.05) is 13.6 Å². The highest BCUT2D eigenvalue weighted by Gasteiger charge is 2.52. The van der Waals surface area contributed by atoms with Crippen LogP contribution < -0.4 is 0 Å². The Labute approximate surface area is 102 Å². The minimum atomic E-state index is -1.12. The molecule has 1 rings (SSSR count). The maximum absolute atomic E-state index is 12.1. The van der Waals surface area contributed by atoms with Gasteiger partial charge in [-0.3, -0.25) is 9.59 Å². The van der Waals surface area contributed by atoms with Gasteiger partial charge in [0.05, 0.1) is 0 Å². The van der Waals surface area contributed by atoms with Gasteiger partial charge in [0.25, 0.3) is 0 Å². The average Bonchev–Trinajstić information content (AvgIpc) is 2.14. The Hall–Kier alpha value is -1.10. The van der Waals surface area contributed by atoms with Crippen LogP contribution in [0.15, 0.2) is 0 Å². The van der Waals surface area contributed by atoms with Crippen LogP contribution in [-0.2, 0) is 9.59 Å². The monoisotopic (exact) mass is 242 g/mol. The third kappa shape index (κ3) is 2.97. The molecule has 1 N–H and O–H groups in total. The highest BCUT2D eigenvalue weighted by atomic mass is 16.4. The molecule has 0 saturated heterocycles. The van der Waals surface area contributed by atoms with Gasteiger partial charge in [0.15, 0.2) is 0 Å². The molecule has 98 valence electrons. The molecule has 1 aliphatic rings. The molecule has 0 radical (unpaired) electrons. The molecular formula is C12H22N2O3. The van der Waals surface area contributed by atoms with Crippen molar-refractivity contribution in [3.05, 3.63) is 0 Å². The van der Waals surface area contributed by atoms with Crippen molar-refractivity contribution in [1.82, 2.24) is 9.80 Å². The van der Waals surface area contributed by atoms with Gasteiger partial charge in [0.2, 0.25) is 5.91 Å². The zero-order valence-electron chi connectivity index (χ0n) is 10.9. The van der Waals surface area contributed by atoms with Crippen molar-refractivity contribution in [3.8, 4) is 0 Å². The molecule has 1 fully saturated rings. The Kier molecular flexibility index (Phi) is 4.51. The molecule has 5 nitrogen and oxygen atoms in total. The van der Waals surface area contributed by atoms with E-state index >= 15 is 0 Å². The Morgan fingerprint density at radius 1 is 1.18 bits per heavy atom. The van der Waals surface area contributed by atoms with Gasteiger partial charge in [-0.15, -0.1) is 0 Å². The fraction of sp³-hybridized carbons (Fsp3) is 0.833. The maximum atomic E-state index is 12.1. The number of carbonyl (C=O) groups is 2. The van der Waals surface area contributed by atoms with Crippen LogP contribution in [0.2, 0.25) is 0 Å². The standard InChI is InChI=1S/C12H22N2O3/c1-13(2)8-5-9-14(3)10(15)12(11(16)17)6-4-7-12/h4-9H2,1-3H3,(H,16,17). The van der Waals surface area contributed by atoms with E-state index < -0.39 is 11.4 Å². The van der Waals surface area contributed by atoms with E-state index in [2.05, 4.69) is 4.90 Å². The first-order chi connectivity index (χ1) is 7.90. The van der Waals surface area contributed by atoms with Crippen LogP contribution in [0.3, 0.4) is 0 Å². The summed E-state index contributed by atoms with van der Waals surface area (Å²) in [4.78, 5) is 26.9. The van der Waals surface area contributed by atoms with Crippen LogP contribution in [0.5, 0.6) is 0 Å². The SMILES string of the molecule is CN(C)CCCN(C)C(=O)C1(C(=O)O)CCC1. The minimum absolute atomic E-state index is 0.227. The van der Waals surface area contributed by atoms with Gasteiger partial charge in [-0.1, -0.05) is 6.42 Å². The number of rotatable bonds is 6. The van der Waals surface area contributed by atoms with Crippen molar-refractivity contribution in [2.75, 3.05) is 34.2 Å². The van der Waals surface area contributed by atoms with Crippen molar-refractivity contribution >= 4 is 11.9 Å². The first-order valence-corrected chi connectivity index (χ1v) is 6.04. The van der Waals surface area contributed by atoms with E-state index in [9.17, 15) is 9.59 Å². The van der Waals surface area contributed by atoms with E-state index in [0.29, 0.717) is 19.4 Å². The van der Waals surface area contributed by atoms with Crippen LogP contribution in [0, 0.1) is 5.41 Å². The smallest absolute Gasteiger partial charge is 0.319 e. The first-order valence-electron chi connectivity index (χ1n) is 6.04. The molecule has 0 atom stereocenters. The number of hydrogen-bond donors (Lipinski definition) is 1. The lowest BCUT2D eigenvalue weighted by Crippen LogP contribution is -2.51. The zero-order chi connectivity index (χ0) is 13.1. The summed E-state index contributed by atoms with van der Waals surface area (Å²) < 4.78 is 0. The van der Waals surface area contributed by atoms with Gasteiger partial charge in [-0.25, -0.2) is 0 Å². The fourth-order valence-electron chi connectivity index (χ4n) is 2.14. The Morgan fingerprint density at radius 2 is 1.76 bits per heavy atom. The summed E-state index contributed by atoms with van der Waals surface area (Å²) in [7, 11) is 5.65. The van der Waals surface area contributed by atoms with Crippen molar-refractivity contribution in [2.45, 2.75) is 25.7 Å². The van der Waals surface area contributed by atoms with E-state index in [4.69, 9.17) is 5.11 Å². The highest BCUT2D eigenvalue weighted by molar-refractivity contribution is 6.02. The van der Waals surface area contributed by atoms with Gasteiger partial charge >= 0.3 is 5.97 Å².